The Morgan fingerprint density at radius 2 is 1.70 bits per heavy atom. The summed E-state index contributed by atoms with van der Waals surface area (Å²) in [4.78, 5) is 15.6. The number of H-pyrrole nitrogens is 1. The molecule has 1 aromatic heterocycles. The molecule has 1 aliphatic heterocycles. The smallest absolute Gasteiger partial charge is 0.273 e. The lowest BCUT2D eigenvalue weighted by molar-refractivity contribution is 0.0660. The summed E-state index contributed by atoms with van der Waals surface area (Å²) in [5, 5.41) is 8.30. The summed E-state index contributed by atoms with van der Waals surface area (Å²) < 4.78 is 0. The number of hydrogen-bond acceptors (Lipinski definition) is 2. The van der Waals surface area contributed by atoms with Crippen LogP contribution >= 0.6 is 11.6 Å². The highest BCUT2D eigenvalue weighted by Gasteiger charge is 2.45. The van der Waals surface area contributed by atoms with Gasteiger partial charge in [-0.2, -0.15) is 5.10 Å². The average Bonchev–Trinajstić information content (AvgIpc) is 3.47. The predicted molar refractivity (Wildman–Crippen MR) is 120 cm³/mol. The Balaban J connectivity index is 1.64. The van der Waals surface area contributed by atoms with Gasteiger partial charge in [0.1, 0.15) is 5.69 Å². The molecule has 2 heterocycles. The average molecular weight is 420 g/mol. The van der Waals surface area contributed by atoms with Gasteiger partial charge in [-0.05, 0) is 42.0 Å². The molecule has 0 radical (unpaired) electrons. The Bertz CT molecular complexity index is 1060. The summed E-state index contributed by atoms with van der Waals surface area (Å²) in [5.41, 5.74) is 5.89. The van der Waals surface area contributed by atoms with E-state index in [1.807, 2.05) is 24.3 Å². The van der Waals surface area contributed by atoms with E-state index < -0.39 is 0 Å². The van der Waals surface area contributed by atoms with E-state index in [1.165, 1.54) is 18.4 Å². The van der Waals surface area contributed by atoms with Gasteiger partial charge in [-0.15, -0.1) is 0 Å². The van der Waals surface area contributed by atoms with Gasteiger partial charge in [0.25, 0.3) is 5.91 Å². The van der Waals surface area contributed by atoms with Crippen LogP contribution in [0.2, 0.25) is 5.02 Å². The molecule has 1 unspecified atom stereocenters. The zero-order valence-corrected chi connectivity index (χ0v) is 18.1. The van der Waals surface area contributed by atoms with E-state index in [-0.39, 0.29) is 18.0 Å². The molecule has 1 fully saturated rings. The molecule has 1 atom stereocenters. The molecule has 1 saturated carbocycles. The van der Waals surface area contributed by atoms with Crippen molar-refractivity contribution in [3.63, 3.8) is 0 Å². The standard InChI is InChI=1S/C25H26ClN3O/c1-15(2)16-7-9-18(10-8-16)24-21-22(17-11-13-19(26)14-12-17)27-28-23(21)25(30)29(24)20-5-3-4-6-20/h7-15,20,24H,3-6H2,1-2H3,(H,27,28). The number of halogens is 1. The van der Waals surface area contributed by atoms with Crippen LogP contribution in [0.3, 0.4) is 0 Å². The number of aromatic amines is 1. The highest BCUT2D eigenvalue weighted by molar-refractivity contribution is 6.30. The predicted octanol–water partition coefficient (Wildman–Crippen LogP) is 6.34. The minimum absolute atomic E-state index is 0.0718. The molecule has 2 aliphatic rings. The zero-order valence-electron chi connectivity index (χ0n) is 17.4. The molecule has 30 heavy (non-hydrogen) atoms. The first kappa shape index (κ1) is 19.4. The van der Waals surface area contributed by atoms with Crippen LogP contribution in [0.4, 0.5) is 0 Å². The Morgan fingerprint density at radius 1 is 1.03 bits per heavy atom. The second-order valence-corrected chi connectivity index (χ2v) is 9.18. The number of rotatable bonds is 4. The zero-order chi connectivity index (χ0) is 20.8. The Kier molecular flexibility index (Phi) is 4.90. The monoisotopic (exact) mass is 419 g/mol. The fraction of sp³-hybridized carbons (Fsp3) is 0.360. The van der Waals surface area contributed by atoms with Crippen molar-refractivity contribution in [1.29, 1.82) is 0 Å². The number of carbonyl (C=O) groups is 1. The topological polar surface area (TPSA) is 49.0 Å². The van der Waals surface area contributed by atoms with E-state index in [0.29, 0.717) is 16.6 Å². The van der Waals surface area contributed by atoms with Crippen LogP contribution in [-0.2, 0) is 0 Å². The van der Waals surface area contributed by atoms with E-state index in [2.05, 4.69) is 53.2 Å². The van der Waals surface area contributed by atoms with E-state index in [0.717, 1.165) is 35.2 Å². The molecule has 5 rings (SSSR count). The maximum absolute atomic E-state index is 13.5. The Hall–Kier alpha value is -2.59. The third-order valence-electron chi connectivity index (χ3n) is 6.56. The molecule has 0 spiro atoms. The maximum Gasteiger partial charge on any atom is 0.273 e. The second-order valence-electron chi connectivity index (χ2n) is 8.74. The molecule has 1 amide bonds. The van der Waals surface area contributed by atoms with Gasteiger partial charge in [0.15, 0.2) is 0 Å². The van der Waals surface area contributed by atoms with Crippen molar-refractivity contribution < 1.29 is 4.79 Å². The van der Waals surface area contributed by atoms with Crippen LogP contribution in [0.25, 0.3) is 11.3 Å². The van der Waals surface area contributed by atoms with Gasteiger partial charge in [-0.25, -0.2) is 0 Å². The first-order valence-corrected chi connectivity index (χ1v) is 11.2. The molecular formula is C25H26ClN3O. The molecule has 2 aromatic carbocycles. The number of aromatic nitrogens is 2. The van der Waals surface area contributed by atoms with Crippen LogP contribution in [0.1, 0.15) is 78.7 Å². The molecule has 0 bridgehead atoms. The van der Waals surface area contributed by atoms with Crippen LogP contribution in [-0.4, -0.2) is 27.0 Å². The molecule has 154 valence electrons. The van der Waals surface area contributed by atoms with Crippen molar-refractivity contribution in [2.45, 2.75) is 57.5 Å². The minimum atomic E-state index is -0.110. The van der Waals surface area contributed by atoms with Crippen molar-refractivity contribution in [3.8, 4) is 11.3 Å². The molecule has 1 aliphatic carbocycles. The van der Waals surface area contributed by atoms with E-state index in [4.69, 9.17) is 11.6 Å². The highest BCUT2D eigenvalue weighted by Crippen LogP contribution is 2.46. The van der Waals surface area contributed by atoms with Crippen LogP contribution in [0.15, 0.2) is 48.5 Å². The lowest BCUT2D eigenvalue weighted by Crippen LogP contribution is -2.37. The minimum Gasteiger partial charge on any atom is -0.323 e. The van der Waals surface area contributed by atoms with Crippen molar-refractivity contribution in [1.82, 2.24) is 15.1 Å². The molecule has 5 heteroatoms. The van der Waals surface area contributed by atoms with Gasteiger partial charge in [0, 0.05) is 22.2 Å². The first-order valence-electron chi connectivity index (χ1n) is 10.8. The molecule has 1 N–H and O–H groups in total. The van der Waals surface area contributed by atoms with Crippen molar-refractivity contribution in [2.24, 2.45) is 0 Å². The van der Waals surface area contributed by atoms with Crippen molar-refractivity contribution in [2.75, 3.05) is 0 Å². The van der Waals surface area contributed by atoms with Crippen LogP contribution < -0.4 is 0 Å². The number of carbonyl (C=O) groups excluding carboxylic acids is 1. The number of amides is 1. The fourth-order valence-corrected chi connectivity index (χ4v) is 5.07. The third-order valence-corrected chi connectivity index (χ3v) is 6.81. The SMILES string of the molecule is CC(C)c1ccc(C2c3c(-c4ccc(Cl)cc4)n[nH]c3C(=O)N2C2CCCC2)cc1. The van der Waals surface area contributed by atoms with Gasteiger partial charge in [0.05, 0.1) is 11.7 Å². The van der Waals surface area contributed by atoms with E-state index in [9.17, 15) is 4.79 Å². The number of fused-ring (bicyclic) bond motifs is 1. The maximum atomic E-state index is 13.5. The van der Waals surface area contributed by atoms with Crippen molar-refractivity contribution in [3.05, 3.63) is 75.9 Å². The lowest BCUT2D eigenvalue weighted by atomic mass is 9.93. The quantitative estimate of drug-likeness (QED) is 0.536. The van der Waals surface area contributed by atoms with Gasteiger partial charge in [0.2, 0.25) is 0 Å². The van der Waals surface area contributed by atoms with Gasteiger partial charge in [-0.3, -0.25) is 9.89 Å². The number of hydrogen-bond donors (Lipinski definition) is 1. The number of benzene rings is 2. The molecular weight excluding hydrogens is 394 g/mol. The molecule has 0 saturated heterocycles. The van der Waals surface area contributed by atoms with Gasteiger partial charge in [-0.1, -0.05) is 74.7 Å². The van der Waals surface area contributed by atoms with Crippen LogP contribution in [0, 0.1) is 0 Å². The number of nitrogens with one attached hydrogen (secondary N) is 1. The number of nitrogens with zero attached hydrogens (tertiary/aromatic N) is 2. The summed E-state index contributed by atoms with van der Waals surface area (Å²) in [6.45, 7) is 4.40. The highest BCUT2D eigenvalue weighted by atomic mass is 35.5. The fourth-order valence-electron chi connectivity index (χ4n) is 4.94. The second kappa shape index (κ2) is 7.59. The summed E-state index contributed by atoms with van der Waals surface area (Å²) in [7, 11) is 0. The summed E-state index contributed by atoms with van der Waals surface area (Å²) in [6.07, 6.45) is 4.51. The third kappa shape index (κ3) is 3.14. The van der Waals surface area contributed by atoms with E-state index in [1.54, 1.807) is 0 Å². The lowest BCUT2D eigenvalue weighted by Gasteiger charge is -2.32. The summed E-state index contributed by atoms with van der Waals surface area (Å²) in [5.74, 6) is 0.548. The normalized spacial score (nSPS) is 19.1. The Morgan fingerprint density at radius 3 is 2.33 bits per heavy atom. The van der Waals surface area contributed by atoms with Crippen LogP contribution in [0.5, 0.6) is 0 Å². The molecule has 4 nitrogen and oxygen atoms in total. The Labute approximate surface area is 182 Å². The van der Waals surface area contributed by atoms with Gasteiger partial charge < -0.3 is 4.90 Å². The summed E-state index contributed by atoms with van der Waals surface area (Å²) in [6, 6.07) is 16.6. The largest absolute Gasteiger partial charge is 0.323 e. The van der Waals surface area contributed by atoms with Crippen molar-refractivity contribution >= 4 is 17.5 Å². The molecule has 3 aromatic rings. The van der Waals surface area contributed by atoms with E-state index >= 15 is 0 Å². The first-order chi connectivity index (χ1) is 14.5. The van der Waals surface area contributed by atoms with Gasteiger partial charge >= 0.3 is 0 Å². The summed E-state index contributed by atoms with van der Waals surface area (Å²) >= 11 is 6.10.